The second-order valence-corrected chi connectivity index (χ2v) is 10.4. The summed E-state index contributed by atoms with van der Waals surface area (Å²) in [6.45, 7) is 0.923. The van der Waals surface area contributed by atoms with Gasteiger partial charge >= 0.3 is 0 Å². The molecule has 0 amide bonds. The number of nitrogens with zero attached hydrogens (tertiary/aromatic N) is 5. The van der Waals surface area contributed by atoms with Gasteiger partial charge in [-0.15, -0.1) is 0 Å². The number of sulfonamides is 1. The summed E-state index contributed by atoms with van der Waals surface area (Å²) >= 11 is 0. The molecule has 7 nitrogen and oxygen atoms in total. The molecule has 0 atom stereocenters. The van der Waals surface area contributed by atoms with Crippen LogP contribution in [0.25, 0.3) is 22.2 Å². The Morgan fingerprint density at radius 3 is 2.66 bits per heavy atom. The van der Waals surface area contributed by atoms with Crippen LogP contribution in [0, 0.1) is 0 Å². The first-order chi connectivity index (χ1) is 14.0. The van der Waals surface area contributed by atoms with E-state index in [0.717, 1.165) is 59.9 Å². The number of hydrogen-bond donors (Lipinski definition) is 0. The van der Waals surface area contributed by atoms with Crippen molar-refractivity contribution in [3.8, 4) is 11.1 Å². The minimum Gasteiger partial charge on any atom is -0.275 e. The van der Waals surface area contributed by atoms with Crippen LogP contribution in [0.2, 0.25) is 0 Å². The third kappa shape index (κ3) is 3.44. The molecule has 0 radical (unpaired) electrons. The molecular formula is C21H25N5O2S. The van der Waals surface area contributed by atoms with Gasteiger partial charge in [0.25, 0.3) is 0 Å². The van der Waals surface area contributed by atoms with Crippen LogP contribution in [-0.4, -0.2) is 44.3 Å². The van der Waals surface area contributed by atoms with Gasteiger partial charge in [0.15, 0.2) is 5.65 Å². The molecule has 152 valence electrons. The van der Waals surface area contributed by atoms with Crippen LogP contribution in [0.1, 0.15) is 43.4 Å². The molecule has 4 heterocycles. The molecule has 8 heteroatoms. The number of hydrogen-bond acceptors (Lipinski definition) is 5. The second-order valence-electron chi connectivity index (χ2n) is 8.16. The standard InChI is InChI=1S/C21H25N5O2S/c1-25-13-18(12-23-25)16-9-15-10-17-14-26(8-7-20(17)24-21(15)22-11-16)29(27,28)19-5-3-2-4-6-19/h9-13,19H,2-8,14H2,1H3. The van der Waals surface area contributed by atoms with Crippen LogP contribution < -0.4 is 0 Å². The molecule has 0 N–H and O–H groups in total. The van der Waals surface area contributed by atoms with Crippen molar-refractivity contribution in [3.63, 3.8) is 0 Å². The number of rotatable bonds is 3. The average molecular weight is 412 g/mol. The molecule has 1 aliphatic carbocycles. The van der Waals surface area contributed by atoms with Gasteiger partial charge in [0.2, 0.25) is 10.0 Å². The summed E-state index contributed by atoms with van der Waals surface area (Å²) in [4.78, 5) is 9.27. The molecule has 0 aromatic carbocycles. The fourth-order valence-corrected chi connectivity index (χ4v) is 6.53. The van der Waals surface area contributed by atoms with E-state index in [1.165, 1.54) is 0 Å². The maximum Gasteiger partial charge on any atom is 0.217 e. The summed E-state index contributed by atoms with van der Waals surface area (Å²) < 4.78 is 29.7. The SMILES string of the molecule is Cn1cc(-c2cnc3nc4c(cc3c2)CN(S(=O)(=O)C2CCCCC2)CC4)cn1. The van der Waals surface area contributed by atoms with Gasteiger partial charge in [-0.3, -0.25) is 4.68 Å². The maximum atomic E-state index is 13.1. The molecule has 5 rings (SSSR count). The molecule has 0 unspecified atom stereocenters. The van der Waals surface area contributed by atoms with Crippen molar-refractivity contribution in [3.05, 3.63) is 42.0 Å². The van der Waals surface area contributed by atoms with Crippen LogP contribution >= 0.6 is 0 Å². The summed E-state index contributed by atoms with van der Waals surface area (Å²) in [7, 11) is -1.36. The first-order valence-electron chi connectivity index (χ1n) is 10.3. The van der Waals surface area contributed by atoms with Gasteiger partial charge in [-0.2, -0.15) is 9.40 Å². The van der Waals surface area contributed by atoms with Crippen molar-refractivity contribution < 1.29 is 8.42 Å². The Kier molecular flexibility index (Phi) is 4.63. The quantitative estimate of drug-likeness (QED) is 0.662. The highest BCUT2D eigenvalue weighted by atomic mass is 32.2. The zero-order valence-electron chi connectivity index (χ0n) is 16.6. The highest BCUT2D eigenvalue weighted by Gasteiger charge is 2.35. The van der Waals surface area contributed by atoms with E-state index in [0.29, 0.717) is 25.2 Å². The van der Waals surface area contributed by atoms with Crippen molar-refractivity contribution in [2.75, 3.05) is 6.54 Å². The van der Waals surface area contributed by atoms with E-state index in [-0.39, 0.29) is 5.25 Å². The topological polar surface area (TPSA) is 81.0 Å². The maximum absolute atomic E-state index is 13.1. The van der Waals surface area contributed by atoms with E-state index in [1.807, 2.05) is 25.6 Å². The summed E-state index contributed by atoms with van der Waals surface area (Å²) in [6.07, 6.45) is 11.0. The number of pyridine rings is 2. The Balaban J connectivity index is 1.47. The fraction of sp³-hybridized carbons (Fsp3) is 0.476. The lowest BCUT2D eigenvalue weighted by Crippen LogP contribution is -2.42. The zero-order valence-corrected chi connectivity index (χ0v) is 17.4. The van der Waals surface area contributed by atoms with Gasteiger partial charge in [-0.25, -0.2) is 18.4 Å². The largest absolute Gasteiger partial charge is 0.275 e. The van der Waals surface area contributed by atoms with Crippen molar-refractivity contribution in [2.45, 2.75) is 50.3 Å². The fourth-order valence-electron chi connectivity index (χ4n) is 4.52. The van der Waals surface area contributed by atoms with Crippen molar-refractivity contribution in [1.82, 2.24) is 24.1 Å². The first-order valence-corrected chi connectivity index (χ1v) is 11.8. The van der Waals surface area contributed by atoms with Gasteiger partial charge in [0.1, 0.15) is 0 Å². The van der Waals surface area contributed by atoms with E-state index < -0.39 is 10.0 Å². The van der Waals surface area contributed by atoms with E-state index >= 15 is 0 Å². The second kappa shape index (κ2) is 7.18. The van der Waals surface area contributed by atoms with Gasteiger partial charge in [-0.1, -0.05) is 19.3 Å². The summed E-state index contributed by atoms with van der Waals surface area (Å²) in [5.74, 6) is 0. The molecule has 29 heavy (non-hydrogen) atoms. The normalized spacial score (nSPS) is 18.8. The minimum absolute atomic E-state index is 0.218. The minimum atomic E-state index is -3.25. The molecule has 0 bridgehead atoms. The predicted octanol–water partition coefficient (Wildman–Crippen LogP) is 3.05. The highest BCUT2D eigenvalue weighted by molar-refractivity contribution is 7.89. The average Bonchev–Trinajstić information content (AvgIpc) is 3.18. The summed E-state index contributed by atoms with van der Waals surface area (Å²) in [6, 6.07) is 4.12. The lowest BCUT2D eigenvalue weighted by molar-refractivity contribution is 0.368. The van der Waals surface area contributed by atoms with Gasteiger partial charge in [0.05, 0.1) is 11.4 Å². The Labute approximate surface area is 170 Å². The lowest BCUT2D eigenvalue weighted by atomic mass is 10.0. The van der Waals surface area contributed by atoms with E-state index in [1.54, 1.807) is 8.99 Å². The van der Waals surface area contributed by atoms with Crippen molar-refractivity contribution in [2.24, 2.45) is 7.05 Å². The van der Waals surface area contributed by atoms with Crippen LogP contribution in [0.3, 0.4) is 0 Å². The molecule has 0 spiro atoms. The monoisotopic (exact) mass is 411 g/mol. The molecule has 3 aromatic heterocycles. The third-order valence-corrected chi connectivity index (χ3v) is 8.50. The molecule has 1 saturated carbocycles. The van der Waals surface area contributed by atoms with Crippen LogP contribution in [0.5, 0.6) is 0 Å². The van der Waals surface area contributed by atoms with E-state index in [9.17, 15) is 8.42 Å². The van der Waals surface area contributed by atoms with Gasteiger partial charge in [-0.05, 0) is 30.5 Å². The first kappa shape index (κ1) is 18.7. The predicted molar refractivity (Wildman–Crippen MR) is 112 cm³/mol. The van der Waals surface area contributed by atoms with Gasteiger partial charge < -0.3 is 0 Å². The Morgan fingerprint density at radius 2 is 1.90 bits per heavy atom. The van der Waals surface area contributed by atoms with Crippen molar-refractivity contribution >= 4 is 21.1 Å². The summed E-state index contributed by atoms with van der Waals surface area (Å²) in [5.41, 5.74) is 4.65. The van der Waals surface area contributed by atoms with E-state index in [2.05, 4.69) is 22.2 Å². The number of aryl methyl sites for hydroxylation is 1. The molecule has 1 fully saturated rings. The Morgan fingerprint density at radius 1 is 1.07 bits per heavy atom. The molecule has 3 aromatic rings. The van der Waals surface area contributed by atoms with Crippen molar-refractivity contribution in [1.29, 1.82) is 0 Å². The third-order valence-electron chi connectivity index (χ3n) is 6.15. The molecule has 1 aliphatic heterocycles. The Hall–Kier alpha value is -2.32. The van der Waals surface area contributed by atoms with Crippen LogP contribution in [-0.2, 0) is 30.0 Å². The molecule has 2 aliphatic rings. The smallest absolute Gasteiger partial charge is 0.217 e. The molecular weight excluding hydrogens is 386 g/mol. The summed E-state index contributed by atoms with van der Waals surface area (Å²) in [5, 5.41) is 4.94. The Bertz CT molecular complexity index is 1170. The van der Waals surface area contributed by atoms with E-state index in [4.69, 9.17) is 4.98 Å². The number of fused-ring (bicyclic) bond motifs is 2. The lowest BCUT2D eigenvalue weighted by Gasteiger charge is -2.32. The van der Waals surface area contributed by atoms with Crippen LogP contribution in [0.15, 0.2) is 30.7 Å². The van der Waals surface area contributed by atoms with Crippen LogP contribution in [0.4, 0.5) is 0 Å². The number of aromatic nitrogens is 4. The zero-order chi connectivity index (χ0) is 20.0. The molecule has 0 saturated heterocycles. The van der Waals surface area contributed by atoms with Gasteiger partial charge in [0, 0.05) is 61.2 Å². The highest BCUT2D eigenvalue weighted by Crippen LogP contribution is 2.31.